The average molecular weight is 348 g/mol. The summed E-state index contributed by atoms with van der Waals surface area (Å²) in [4.78, 5) is 24.8. The molecule has 1 aliphatic rings. The van der Waals surface area contributed by atoms with Crippen molar-refractivity contribution in [1.29, 1.82) is 0 Å². The van der Waals surface area contributed by atoms with Gasteiger partial charge in [0.2, 0.25) is 0 Å². The first-order valence-electron chi connectivity index (χ1n) is 7.76. The van der Waals surface area contributed by atoms with E-state index >= 15 is 0 Å². The van der Waals surface area contributed by atoms with Gasteiger partial charge in [-0.25, -0.2) is 0 Å². The minimum Gasteiger partial charge on any atom is -0.504 e. The maximum absolute atomic E-state index is 12.4. The molecule has 0 aliphatic heterocycles. The van der Waals surface area contributed by atoms with Crippen LogP contribution in [0.2, 0.25) is 0 Å². The maximum atomic E-state index is 12.4. The molecule has 1 heterocycles. The van der Waals surface area contributed by atoms with Crippen molar-refractivity contribution >= 4 is 5.97 Å². The normalized spacial score (nSPS) is 25.3. The van der Waals surface area contributed by atoms with Gasteiger partial charge in [0.05, 0.1) is 25.7 Å². The molecule has 0 unspecified atom stereocenters. The van der Waals surface area contributed by atoms with Gasteiger partial charge in [-0.1, -0.05) is 6.07 Å². The molecule has 0 spiro atoms. The van der Waals surface area contributed by atoms with Crippen LogP contribution in [0.25, 0.3) is 0 Å². The van der Waals surface area contributed by atoms with Crippen molar-refractivity contribution in [3.63, 3.8) is 0 Å². The molecular weight excluding hydrogens is 328 g/mol. The first kappa shape index (κ1) is 17.1. The first-order valence-corrected chi connectivity index (χ1v) is 7.76. The molecular formula is C17H20N2O6. The number of aromatic nitrogens is 2. The summed E-state index contributed by atoms with van der Waals surface area (Å²) in [6.45, 7) is 1.54. The van der Waals surface area contributed by atoms with Crippen molar-refractivity contribution < 1.29 is 24.5 Å². The van der Waals surface area contributed by atoms with Gasteiger partial charge in [-0.15, -0.1) is 0 Å². The lowest BCUT2D eigenvalue weighted by Crippen LogP contribution is -2.49. The Labute approximate surface area is 143 Å². The van der Waals surface area contributed by atoms with Crippen LogP contribution in [0.5, 0.6) is 11.5 Å². The summed E-state index contributed by atoms with van der Waals surface area (Å²) in [6.07, 6.45) is 0.104. The molecule has 1 aromatic heterocycles. The van der Waals surface area contributed by atoms with E-state index in [-0.39, 0.29) is 23.5 Å². The van der Waals surface area contributed by atoms with Crippen LogP contribution in [-0.4, -0.2) is 46.2 Å². The number of H-pyrrole nitrogens is 2. The van der Waals surface area contributed by atoms with Gasteiger partial charge in [0, 0.05) is 23.6 Å². The molecule has 0 bridgehead atoms. The van der Waals surface area contributed by atoms with Crippen LogP contribution in [0, 0.1) is 5.92 Å². The van der Waals surface area contributed by atoms with Gasteiger partial charge < -0.3 is 24.8 Å². The van der Waals surface area contributed by atoms with Crippen LogP contribution < -0.4 is 10.3 Å². The lowest BCUT2D eigenvalue weighted by atomic mass is 9.66. The maximum Gasteiger partial charge on any atom is 0.312 e. The number of fused-ring (bicyclic) bond motifs is 1. The van der Waals surface area contributed by atoms with E-state index in [1.807, 2.05) is 0 Å². The summed E-state index contributed by atoms with van der Waals surface area (Å²) in [5, 5.41) is 26.0. The summed E-state index contributed by atoms with van der Waals surface area (Å²) in [6, 6.07) is 4.57. The molecule has 2 aromatic rings. The van der Waals surface area contributed by atoms with Crippen LogP contribution in [0.4, 0.5) is 0 Å². The number of esters is 1. The predicted molar refractivity (Wildman–Crippen MR) is 87.7 cm³/mol. The Kier molecular flexibility index (Phi) is 4.08. The Balaban J connectivity index is 2.26. The summed E-state index contributed by atoms with van der Waals surface area (Å²) in [5.74, 6) is -2.22. The van der Waals surface area contributed by atoms with Gasteiger partial charge >= 0.3 is 5.97 Å². The molecule has 8 nitrogen and oxygen atoms in total. The second-order valence-corrected chi connectivity index (χ2v) is 6.42. The predicted octanol–water partition coefficient (Wildman–Crippen LogP) is 0.645. The summed E-state index contributed by atoms with van der Waals surface area (Å²) in [7, 11) is 2.64. The fourth-order valence-corrected chi connectivity index (χ4v) is 3.63. The van der Waals surface area contributed by atoms with Crippen LogP contribution in [0.3, 0.4) is 0 Å². The number of benzene rings is 1. The van der Waals surface area contributed by atoms with E-state index in [9.17, 15) is 19.8 Å². The van der Waals surface area contributed by atoms with E-state index in [0.29, 0.717) is 16.8 Å². The van der Waals surface area contributed by atoms with Gasteiger partial charge in [0.1, 0.15) is 0 Å². The Hall–Kier alpha value is -2.74. The highest BCUT2D eigenvalue weighted by Gasteiger charge is 2.51. The van der Waals surface area contributed by atoms with Gasteiger partial charge in [0.25, 0.3) is 5.56 Å². The number of phenols is 1. The third kappa shape index (κ3) is 2.68. The minimum absolute atomic E-state index is 0.0633. The van der Waals surface area contributed by atoms with E-state index in [4.69, 9.17) is 9.47 Å². The molecule has 1 aromatic carbocycles. The molecule has 3 atom stereocenters. The zero-order chi connectivity index (χ0) is 18.4. The van der Waals surface area contributed by atoms with E-state index in [1.54, 1.807) is 12.1 Å². The Morgan fingerprint density at radius 1 is 1.32 bits per heavy atom. The average Bonchev–Trinajstić information content (AvgIpc) is 2.92. The number of carbonyl (C=O) groups excluding carboxylic acids is 1. The number of rotatable bonds is 3. The Bertz CT molecular complexity index is 866. The lowest BCUT2D eigenvalue weighted by molar-refractivity contribution is -0.156. The molecule has 0 fully saturated rings. The summed E-state index contributed by atoms with van der Waals surface area (Å²) < 4.78 is 10.0. The van der Waals surface area contributed by atoms with E-state index in [2.05, 4.69) is 10.2 Å². The zero-order valence-corrected chi connectivity index (χ0v) is 14.1. The molecule has 3 rings (SSSR count). The van der Waals surface area contributed by atoms with Gasteiger partial charge in [-0.05, 0) is 24.6 Å². The highest BCUT2D eigenvalue weighted by atomic mass is 16.5. The molecule has 0 radical (unpaired) electrons. The molecule has 0 amide bonds. The summed E-state index contributed by atoms with van der Waals surface area (Å²) in [5.41, 5.74) is -0.337. The third-order valence-electron chi connectivity index (χ3n) is 4.76. The molecule has 4 N–H and O–H groups in total. The van der Waals surface area contributed by atoms with Crippen molar-refractivity contribution in [3.05, 3.63) is 45.4 Å². The second kappa shape index (κ2) is 5.96. The van der Waals surface area contributed by atoms with Crippen LogP contribution in [-0.2, 0) is 16.0 Å². The van der Waals surface area contributed by atoms with Crippen molar-refractivity contribution in [2.24, 2.45) is 5.92 Å². The number of aromatic amines is 2. The first-order chi connectivity index (χ1) is 11.8. The van der Waals surface area contributed by atoms with Crippen molar-refractivity contribution in [2.75, 3.05) is 14.2 Å². The number of aromatic hydroxyl groups is 1. The topological polar surface area (TPSA) is 125 Å². The SMILES string of the molecule is COC(=O)[C@@H]1[C@H](c2ccc(O)c(OC)c2)c2c([nH][nH]c2=O)C[C@@]1(C)O. The number of carbonyl (C=O) groups is 1. The molecule has 134 valence electrons. The standard InChI is InChI=1S/C17H20N2O6/c1-17(23)7-9-13(15(21)19-18-9)12(14(17)16(22)25-3)8-4-5-10(20)11(6-8)24-2/h4-6,12,14,20,23H,7H2,1-3H3,(H2,18,19,21)/t12-,14+,17-/m1/s1. The summed E-state index contributed by atoms with van der Waals surface area (Å²) >= 11 is 0. The zero-order valence-electron chi connectivity index (χ0n) is 14.1. The van der Waals surface area contributed by atoms with Gasteiger partial charge in [-0.3, -0.25) is 14.7 Å². The number of nitrogens with one attached hydrogen (secondary N) is 2. The lowest BCUT2D eigenvalue weighted by Gasteiger charge is -2.40. The fraction of sp³-hybridized carbons (Fsp3) is 0.412. The number of phenolic OH excluding ortho intramolecular Hbond substituents is 1. The quantitative estimate of drug-likeness (QED) is 0.604. The van der Waals surface area contributed by atoms with Gasteiger partial charge in [-0.2, -0.15) is 0 Å². The number of hydrogen-bond donors (Lipinski definition) is 4. The number of ether oxygens (including phenoxy) is 2. The van der Waals surface area contributed by atoms with E-state index in [1.165, 1.54) is 27.2 Å². The Morgan fingerprint density at radius 3 is 2.68 bits per heavy atom. The molecule has 0 saturated carbocycles. The van der Waals surface area contributed by atoms with E-state index in [0.717, 1.165) is 0 Å². The molecule has 25 heavy (non-hydrogen) atoms. The number of aliphatic hydroxyl groups is 1. The van der Waals surface area contributed by atoms with Gasteiger partial charge in [0.15, 0.2) is 11.5 Å². The fourth-order valence-electron chi connectivity index (χ4n) is 3.63. The van der Waals surface area contributed by atoms with Crippen molar-refractivity contribution in [1.82, 2.24) is 10.2 Å². The highest BCUT2D eigenvalue weighted by molar-refractivity contribution is 5.77. The van der Waals surface area contributed by atoms with E-state index < -0.39 is 23.4 Å². The largest absolute Gasteiger partial charge is 0.504 e. The molecule has 0 saturated heterocycles. The molecule has 8 heteroatoms. The highest BCUT2D eigenvalue weighted by Crippen LogP contribution is 2.45. The second-order valence-electron chi connectivity index (χ2n) is 6.42. The monoisotopic (exact) mass is 348 g/mol. The molecule has 1 aliphatic carbocycles. The van der Waals surface area contributed by atoms with Crippen molar-refractivity contribution in [3.8, 4) is 11.5 Å². The van der Waals surface area contributed by atoms with Crippen LogP contribution >= 0.6 is 0 Å². The minimum atomic E-state index is -1.43. The smallest absolute Gasteiger partial charge is 0.312 e. The number of hydrogen-bond acceptors (Lipinski definition) is 6. The Morgan fingerprint density at radius 2 is 2.04 bits per heavy atom. The van der Waals surface area contributed by atoms with Crippen LogP contribution in [0.15, 0.2) is 23.0 Å². The van der Waals surface area contributed by atoms with Crippen molar-refractivity contribution in [2.45, 2.75) is 24.9 Å². The van der Waals surface area contributed by atoms with Crippen LogP contribution in [0.1, 0.15) is 29.7 Å². The number of methoxy groups -OCH3 is 2. The third-order valence-corrected chi connectivity index (χ3v) is 4.76.